The zero-order valence-corrected chi connectivity index (χ0v) is 23.4. The van der Waals surface area contributed by atoms with E-state index >= 15 is 0 Å². The lowest BCUT2D eigenvalue weighted by Crippen LogP contribution is -2.54. The number of ether oxygens (including phenoxy) is 1. The van der Waals surface area contributed by atoms with Crippen molar-refractivity contribution in [2.75, 3.05) is 19.7 Å². The van der Waals surface area contributed by atoms with Gasteiger partial charge in [-0.25, -0.2) is 0 Å². The van der Waals surface area contributed by atoms with Gasteiger partial charge in [0, 0.05) is 24.6 Å². The molecule has 4 nitrogen and oxygen atoms in total. The number of nitrogens with two attached hydrogens (primary N) is 1. The van der Waals surface area contributed by atoms with Crippen molar-refractivity contribution in [1.29, 1.82) is 0 Å². The molecule has 0 fully saturated rings. The minimum Gasteiger partial charge on any atom is -0.494 e. The molecule has 1 amide bonds. The number of hydrogen-bond acceptors (Lipinski definition) is 3. The maximum absolute atomic E-state index is 15.0. The number of nitrogens with zero attached hydrogens (tertiary/aromatic N) is 1. The van der Waals surface area contributed by atoms with Gasteiger partial charge < -0.3 is 10.5 Å². The highest BCUT2D eigenvalue weighted by Gasteiger charge is 2.59. The van der Waals surface area contributed by atoms with Crippen LogP contribution in [0.1, 0.15) is 45.0 Å². The van der Waals surface area contributed by atoms with Crippen LogP contribution in [-0.2, 0) is 5.00 Å². The third-order valence-electron chi connectivity index (χ3n) is 7.09. The fourth-order valence-electron chi connectivity index (χ4n) is 4.95. The number of halogens is 4. The van der Waals surface area contributed by atoms with Gasteiger partial charge in [0.15, 0.2) is 0 Å². The van der Waals surface area contributed by atoms with Crippen LogP contribution in [0.25, 0.3) is 0 Å². The van der Waals surface area contributed by atoms with E-state index in [2.05, 4.69) is 0 Å². The number of alkyl halides is 4. The summed E-state index contributed by atoms with van der Waals surface area (Å²) in [6, 6.07) is 31.5. The van der Waals surface area contributed by atoms with Gasteiger partial charge in [0.2, 0.25) is 10.9 Å². The van der Waals surface area contributed by atoms with Crippen molar-refractivity contribution >= 4 is 17.5 Å². The average molecular weight is 581 g/mol. The summed E-state index contributed by atoms with van der Waals surface area (Å²) in [6.07, 6.45) is -4.55. The van der Waals surface area contributed by atoms with Gasteiger partial charge in [-0.1, -0.05) is 109 Å². The van der Waals surface area contributed by atoms with Crippen molar-refractivity contribution in [3.63, 3.8) is 0 Å². The Morgan fingerprint density at radius 1 is 0.878 bits per heavy atom. The first-order valence-corrected chi connectivity index (χ1v) is 13.7. The van der Waals surface area contributed by atoms with E-state index in [-0.39, 0.29) is 37.6 Å². The van der Waals surface area contributed by atoms with Crippen LogP contribution >= 0.6 is 11.6 Å². The molecule has 0 saturated carbocycles. The second-order valence-corrected chi connectivity index (χ2v) is 10.4. The standard InChI is InChI=1S/C33H32ClF3N2O2/c1-24-18-19-28(22-29(24)31(38)40)41-21-11-20-39(32(34,33(35,36)37)27-16-9-4-10-17-27)23-30(25-12-5-2-6-13-25)26-14-7-3-8-15-26/h2-10,12-19,22,30H,11,20-21,23H2,1H3,(H2,38,40). The monoisotopic (exact) mass is 580 g/mol. The van der Waals surface area contributed by atoms with Crippen molar-refractivity contribution in [2.45, 2.75) is 30.4 Å². The fourth-order valence-corrected chi connectivity index (χ4v) is 5.23. The van der Waals surface area contributed by atoms with Crippen LogP contribution in [-0.4, -0.2) is 36.7 Å². The molecular formula is C33H32ClF3N2O2. The predicted octanol–water partition coefficient (Wildman–Crippen LogP) is 7.65. The Kier molecular flexibility index (Phi) is 9.73. The van der Waals surface area contributed by atoms with Gasteiger partial charge in [-0.2, -0.15) is 13.2 Å². The minimum absolute atomic E-state index is 0.00227. The first-order valence-electron chi connectivity index (χ1n) is 13.3. The van der Waals surface area contributed by atoms with E-state index in [1.54, 1.807) is 43.3 Å². The Labute approximate surface area is 243 Å². The molecule has 4 aromatic carbocycles. The molecule has 0 aliphatic heterocycles. The lowest BCUT2D eigenvalue weighted by Gasteiger charge is -2.42. The largest absolute Gasteiger partial charge is 0.494 e. The van der Waals surface area contributed by atoms with Crippen LogP contribution < -0.4 is 10.5 Å². The molecule has 0 saturated heterocycles. The third-order valence-corrected chi connectivity index (χ3v) is 7.76. The number of benzene rings is 4. The zero-order chi connectivity index (χ0) is 29.5. The molecule has 8 heteroatoms. The molecule has 1 atom stereocenters. The van der Waals surface area contributed by atoms with Crippen LogP contribution in [0.15, 0.2) is 109 Å². The Bertz CT molecular complexity index is 1380. The summed E-state index contributed by atoms with van der Waals surface area (Å²) in [5.41, 5.74) is 8.19. The number of carbonyl (C=O) groups is 1. The molecule has 214 valence electrons. The summed E-state index contributed by atoms with van der Waals surface area (Å²) in [4.78, 5) is 10.2. The lowest BCUT2D eigenvalue weighted by molar-refractivity contribution is -0.206. The fraction of sp³-hybridized carbons (Fsp3) is 0.242. The number of primary amides is 1. The van der Waals surface area contributed by atoms with E-state index in [1.165, 1.54) is 17.0 Å². The van der Waals surface area contributed by atoms with E-state index in [0.717, 1.165) is 11.1 Å². The molecule has 4 aromatic rings. The van der Waals surface area contributed by atoms with E-state index in [0.29, 0.717) is 16.9 Å². The lowest BCUT2D eigenvalue weighted by atomic mass is 9.89. The Hall–Kier alpha value is -3.81. The highest BCUT2D eigenvalue weighted by atomic mass is 35.5. The number of hydrogen-bond donors (Lipinski definition) is 1. The van der Waals surface area contributed by atoms with Crippen LogP contribution in [0.3, 0.4) is 0 Å². The highest BCUT2D eigenvalue weighted by Crippen LogP contribution is 2.48. The predicted molar refractivity (Wildman–Crippen MR) is 156 cm³/mol. The molecule has 1 unspecified atom stereocenters. The molecule has 41 heavy (non-hydrogen) atoms. The van der Waals surface area contributed by atoms with Crippen molar-refractivity contribution in [3.05, 3.63) is 137 Å². The Morgan fingerprint density at radius 2 is 1.41 bits per heavy atom. The van der Waals surface area contributed by atoms with Gasteiger partial charge in [-0.15, -0.1) is 0 Å². The molecule has 0 aliphatic carbocycles. The summed E-state index contributed by atoms with van der Waals surface area (Å²) < 4.78 is 50.8. The van der Waals surface area contributed by atoms with E-state index in [1.807, 2.05) is 60.7 Å². The van der Waals surface area contributed by atoms with Crippen molar-refractivity contribution in [3.8, 4) is 5.75 Å². The molecule has 2 N–H and O–H groups in total. The molecule has 0 heterocycles. The maximum atomic E-state index is 15.0. The van der Waals surface area contributed by atoms with Crippen LogP contribution in [0.5, 0.6) is 5.75 Å². The van der Waals surface area contributed by atoms with E-state index in [4.69, 9.17) is 22.1 Å². The topological polar surface area (TPSA) is 55.6 Å². The first-order chi connectivity index (χ1) is 19.6. The molecule has 0 aromatic heterocycles. The maximum Gasteiger partial charge on any atom is 0.425 e. The van der Waals surface area contributed by atoms with Gasteiger partial charge in [-0.3, -0.25) is 9.69 Å². The second-order valence-electron chi connectivity index (χ2n) is 9.85. The van der Waals surface area contributed by atoms with Crippen molar-refractivity contribution in [2.24, 2.45) is 5.73 Å². The molecule has 0 spiro atoms. The van der Waals surface area contributed by atoms with Gasteiger partial charge in [-0.05, 0) is 47.7 Å². The van der Waals surface area contributed by atoms with Gasteiger partial charge in [0.1, 0.15) is 5.75 Å². The first kappa shape index (κ1) is 30.2. The summed E-state index contributed by atoms with van der Waals surface area (Å²) in [5.74, 6) is -0.539. The number of amides is 1. The van der Waals surface area contributed by atoms with E-state index < -0.39 is 17.1 Å². The summed E-state index contributed by atoms with van der Waals surface area (Å²) >= 11 is 6.70. The summed E-state index contributed by atoms with van der Waals surface area (Å²) in [6.45, 7) is 1.86. The Morgan fingerprint density at radius 3 is 1.93 bits per heavy atom. The third kappa shape index (κ3) is 7.10. The molecule has 0 aliphatic rings. The molecular weight excluding hydrogens is 549 g/mol. The zero-order valence-electron chi connectivity index (χ0n) is 22.7. The molecule has 0 bridgehead atoms. The normalized spacial score (nSPS) is 13.2. The Balaban J connectivity index is 1.66. The van der Waals surface area contributed by atoms with Gasteiger partial charge in [0.05, 0.1) is 6.61 Å². The number of carbonyl (C=O) groups excluding carboxylic acids is 1. The van der Waals surface area contributed by atoms with Crippen molar-refractivity contribution < 1.29 is 22.7 Å². The smallest absolute Gasteiger partial charge is 0.425 e. The highest BCUT2D eigenvalue weighted by molar-refractivity contribution is 6.24. The quantitative estimate of drug-likeness (QED) is 0.106. The average Bonchev–Trinajstić information content (AvgIpc) is 2.97. The second kappa shape index (κ2) is 13.2. The number of rotatable bonds is 12. The van der Waals surface area contributed by atoms with Gasteiger partial charge in [0.25, 0.3) is 0 Å². The summed E-state index contributed by atoms with van der Waals surface area (Å²) in [7, 11) is 0. The molecule has 4 rings (SSSR count). The van der Waals surface area contributed by atoms with Crippen molar-refractivity contribution in [1.82, 2.24) is 4.90 Å². The number of aryl methyl sites for hydroxylation is 1. The van der Waals surface area contributed by atoms with Crippen LogP contribution in [0.4, 0.5) is 13.2 Å². The minimum atomic E-state index is -4.79. The SMILES string of the molecule is Cc1ccc(OCCCN(CC(c2ccccc2)c2ccccc2)C(Cl)(c2ccccc2)C(F)(F)F)cc1C(N)=O. The van der Waals surface area contributed by atoms with E-state index in [9.17, 15) is 18.0 Å². The molecule has 0 radical (unpaired) electrons. The van der Waals surface area contributed by atoms with Crippen LogP contribution in [0.2, 0.25) is 0 Å². The van der Waals surface area contributed by atoms with Crippen LogP contribution in [0, 0.1) is 6.92 Å². The summed E-state index contributed by atoms with van der Waals surface area (Å²) in [5, 5.41) is 0. The van der Waals surface area contributed by atoms with Gasteiger partial charge >= 0.3 is 6.18 Å².